The van der Waals surface area contributed by atoms with E-state index in [2.05, 4.69) is 5.32 Å². The highest BCUT2D eigenvalue weighted by molar-refractivity contribution is 7.81. The zero-order chi connectivity index (χ0) is 10.8. The van der Waals surface area contributed by atoms with Gasteiger partial charge in [0.15, 0.2) is 0 Å². The molecule has 0 spiro atoms. The average Bonchev–Trinajstić information content (AvgIpc) is 2.26. The van der Waals surface area contributed by atoms with Crippen LogP contribution in [0, 0.1) is 0 Å². The smallest absolute Gasteiger partial charge is 0.315 e. The van der Waals surface area contributed by atoms with Crippen molar-refractivity contribution in [2.24, 2.45) is 0 Å². The van der Waals surface area contributed by atoms with Crippen LogP contribution in [-0.4, -0.2) is 46.6 Å². The summed E-state index contributed by atoms with van der Waals surface area (Å²) in [5.74, 6) is 0. The maximum absolute atomic E-state index is 12.5. The highest BCUT2D eigenvalue weighted by atomic mass is 32.2. The molecular formula is C7H13F3N2OS. The second-order valence-corrected chi connectivity index (χ2v) is 4.48. The van der Waals surface area contributed by atoms with Crippen molar-refractivity contribution in [1.29, 1.82) is 0 Å². The summed E-state index contributed by atoms with van der Waals surface area (Å²) >= 11 is 0. The molecule has 0 aromatic heterocycles. The molecule has 0 aromatic rings. The van der Waals surface area contributed by atoms with E-state index in [0.29, 0.717) is 13.1 Å². The van der Waals surface area contributed by atoms with Crippen LogP contribution in [0.2, 0.25) is 0 Å². The van der Waals surface area contributed by atoms with Crippen molar-refractivity contribution in [1.82, 2.24) is 9.62 Å². The van der Waals surface area contributed by atoms with Gasteiger partial charge in [0, 0.05) is 19.3 Å². The second kappa shape index (κ2) is 4.59. The van der Waals surface area contributed by atoms with Gasteiger partial charge in [0.25, 0.3) is 0 Å². The van der Waals surface area contributed by atoms with E-state index in [9.17, 15) is 17.4 Å². The number of nitrogens with zero attached hydrogens (tertiary/aromatic N) is 1. The third kappa shape index (κ3) is 2.93. The summed E-state index contributed by atoms with van der Waals surface area (Å²) in [4.78, 5) is 0. The maximum atomic E-state index is 12.5. The van der Waals surface area contributed by atoms with Crippen molar-refractivity contribution in [3.8, 4) is 0 Å². The summed E-state index contributed by atoms with van der Waals surface area (Å²) in [5, 5.41) is 2.86. The van der Waals surface area contributed by atoms with Crippen LogP contribution in [0.15, 0.2) is 0 Å². The Morgan fingerprint density at radius 3 is 2.57 bits per heavy atom. The fourth-order valence-corrected chi connectivity index (χ4v) is 2.42. The van der Waals surface area contributed by atoms with Crippen molar-refractivity contribution in [2.45, 2.75) is 18.6 Å². The topological polar surface area (TPSA) is 32.3 Å². The van der Waals surface area contributed by atoms with E-state index in [1.54, 1.807) is 0 Å². The minimum absolute atomic E-state index is 0.0386. The van der Waals surface area contributed by atoms with Gasteiger partial charge in [0.2, 0.25) is 0 Å². The summed E-state index contributed by atoms with van der Waals surface area (Å²) in [6.45, 7) is 0.942. The lowest BCUT2D eigenvalue weighted by atomic mass is 10.2. The van der Waals surface area contributed by atoms with Crippen LogP contribution in [0.1, 0.15) is 6.42 Å². The molecule has 1 heterocycles. The van der Waals surface area contributed by atoms with Crippen molar-refractivity contribution in [3.63, 3.8) is 0 Å². The standard InChI is InChI=1S/C7H13F3N2OS/c1-14(13)12-5-4-11-3-2-6(12)7(8,9)10/h6,11H,2-5H2,1H3. The Morgan fingerprint density at radius 2 is 2.07 bits per heavy atom. The zero-order valence-corrected chi connectivity index (χ0v) is 8.62. The van der Waals surface area contributed by atoms with Gasteiger partial charge in [-0.1, -0.05) is 0 Å². The lowest BCUT2D eigenvalue weighted by Crippen LogP contribution is -2.46. The van der Waals surface area contributed by atoms with Crippen molar-refractivity contribution in [3.05, 3.63) is 0 Å². The van der Waals surface area contributed by atoms with E-state index >= 15 is 0 Å². The van der Waals surface area contributed by atoms with Crippen LogP contribution >= 0.6 is 0 Å². The van der Waals surface area contributed by atoms with E-state index < -0.39 is 23.2 Å². The third-order valence-corrected chi connectivity index (χ3v) is 3.26. The van der Waals surface area contributed by atoms with E-state index in [-0.39, 0.29) is 13.0 Å². The Labute approximate surface area is 83.2 Å². The molecule has 0 aliphatic carbocycles. The molecule has 0 radical (unpaired) electrons. The molecule has 2 atom stereocenters. The van der Waals surface area contributed by atoms with Gasteiger partial charge in [-0.05, 0) is 13.0 Å². The highest BCUT2D eigenvalue weighted by Gasteiger charge is 2.44. The largest absolute Gasteiger partial charge is 0.405 e. The number of hydrogen-bond donors (Lipinski definition) is 1. The summed E-state index contributed by atoms with van der Waals surface area (Å²) in [6, 6.07) is -1.58. The third-order valence-electron chi connectivity index (χ3n) is 2.16. The number of rotatable bonds is 1. The van der Waals surface area contributed by atoms with Gasteiger partial charge in [0.05, 0.1) is 11.0 Å². The summed E-state index contributed by atoms with van der Waals surface area (Å²) < 4.78 is 49.7. The molecule has 7 heteroatoms. The van der Waals surface area contributed by atoms with E-state index in [1.807, 2.05) is 0 Å². The minimum Gasteiger partial charge on any atom is -0.315 e. The zero-order valence-electron chi connectivity index (χ0n) is 7.80. The van der Waals surface area contributed by atoms with Crippen LogP contribution in [0.3, 0.4) is 0 Å². The first-order valence-corrected chi connectivity index (χ1v) is 5.82. The van der Waals surface area contributed by atoms with Crippen LogP contribution in [-0.2, 0) is 11.0 Å². The van der Waals surface area contributed by atoms with E-state index in [4.69, 9.17) is 0 Å². The molecule has 0 saturated carbocycles. The van der Waals surface area contributed by atoms with Crippen LogP contribution < -0.4 is 5.32 Å². The van der Waals surface area contributed by atoms with Gasteiger partial charge in [-0.15, -0.1) is 0 Å². The average molecular weight is 230 g/mol. The van der Waals surface area contributed by atoms with Crippen LogP contribution in [0.5, 0.6) is 0 Å². The van der Waals surface area contributed by atoms with Crippen molar-refractivity contribution < 1.29 is 17.4 Å². The van der Waals surface area contributed by atoms with Crippen LogP contribution in [0.4, 0.5) is 13.2 Å². The molecule has 14 heavy (non-hydrogen) atoms. The lowest BCUT2D eigenvalue weighted by molar-refractivity contribution is -0.170. The Bertz CT molecular complexity index is 221. The lowest BCUT2D eigenvalue weighted by Gasteiger charge is -2.28. The van der Waals surface area contributed by atoms with Gasteiger partial charge in [-0.25, -0.2) is 8.51 Å². The second-order valence-electron chi connectivity index (χ2n) is 3.16. The predicted octanol–water partition coefficient (Wildman–Crippen LogP) is 0.506. The Balaban J connectivity index is 2.79. The van der Waals surface area contributed by atoms with Gasteiger partial charge >= 0.3 is 6.18 Å². The molecule has 0 amide bonds. The van der Waals surface area contributed by atoms with Gasteiger partial charge in [-0.3, -0.25) is 0 Å². The highest BCUT2D eigenvalue weighted by Crippen LogP contribution is 2.28. The van der Waals surface area contributed by atoms with E-state index in [0.717, 1.165) is 4.31 Å². The van der Waals surface area contributed by atoms with E-state index in [1.165, 1.54) is 6.26 Å². The molecule has 1 aliphatic heterocycles. The minimum atomic E-state index is -4.29. The molecule has 1 N–H and O–H groups in total. The maximum Gasteiger partial charge on any atom is 0.405 e. The number of hydrogen-bond acceptors (Lipinski definition) is 2. The molecule has 3 nitrogen and oxygen atoms in total. The molecule has 84 valence electrons. The fourth-order valence-electron chi connectivity index (χ4n) is 1.49. The van der Waals surface area contributed by atoms with Crippen LogP contribution in [0.25, 0.3) is 0 Å². The SMILES string of the molecule is CS(=O)N1CCNCCC1C(F)(F)F. The first kappa shape index (κ1) is 11.9. The molecule has 1 fully saturated rings. The first-order chi connectivity index (χ1) is 6.43. The number of alkyl halides is 3. The van der Waals surface area contributed by atoms with Gasteiger partial charge in [0.1, 0.15) is 6.04 Å². The quantitative estimate of drug-likeness (QED) is 0.711. The van der Waals surface area contributed by atoms with Crippen molar-refractivity contribution >= 4 is 11.0 Å². The Hall–Kier alpha value is -0.140. The summed E-state index contributed by atoms with van der Waals surface area (Å²) in [6.07, 6.45) is -3.05. The fraction of sp³-hybridized carbons (Fsp3) is 1.00. The molecule has 1 rings (SSSR count). The molecule has 2 unspecified atom stereocenters. The number of halogens is 3. The summed E-state index contributed by atoms with van der Waals surface area (Å²) in [5.41, 5.74) is 0. The normalized spacial score (nSPS) is 28.4. The molecule has 0 bridgehead atoms. The Morgan fingerprint density at radius 1 is 1.43 bits per heavy atom. The first-order valence-electron chi connectivity index (χ1n) is 4.30. The molecule has 1 aliphatic rings. The predicted molar refractivity (Wildman–Crippen MR) is 48.1 cm³/mol. The Kier molecular flexibility index (Phi) is 3.91. The van der Waals surface area contributed by atoms with Gasteiger partial charge in [-0.2, -0.15) is 13.2 Å². The monoisotopic (exact) mass is 230 g/mol. The molecule has 1 saturated heterocycles. The number of nitrogens with one attached hydrogen (secondary N) is 1. The van der Waals surface area contributed by atoms with Crippen molar-refractivity contribution in [2.75, 3.05) is 25.9 Å². The van der Waals surface area contributed by atoms with Gasteiger partial charge < -0.3 is 5.32 Å². The molecule has 0 aromatic carbocycles. The molecular weight excluding hydrogens is 217 g/mol. The summed E-state index contributed by atoms with van der Waals surface area (Å²) in [7, 11) is -1.57.